The zero-order chi connectivity index (χ0) is 20.0. The minimum atomic E-state index is 0.124. The Morgan fingerprint density at radius 1 is 1.07 bits per heavy atom. The van der Waals surface area contributed by atoms with Crippen molar-refractivity contribution in [2.24, 2.45) is 5.92 Å². The molecule has 0 spiro atoms. The SMILES string of the molecule is Cc1sc2ncnc(N3CCC(C(=O)N4CCc5ccccc5C4)CC3)c2c1C. The molecule has 4 heterocycles. The summed E-state index contributed by atoms with van der Waals surface area (Å²) in [4.78, 5) is 29.0. The number of hydrogen-bond acceptors (Lipinski definition) is 5. The Kier molecular flexibility index (Phi) is 4.74. The van der Waals surface area contributed by atoms with Crippen molar-refractivity contribution in [2.45, 2.75) is 39.7 Å². The van der Waals surface area contributed by atoms with E-state index in [9.17, 15) is 4.79 Å². The summed E-state index contributed by atoms with van der Waals surface area (Å²) < 4.78 is 0. The molecule has 0 bridgehead atoms. The molecule has 0 unspecified atom stereocenters. The molecule has 0 aliphatic carbocycles. The lowest BCUT2D eigenvalue weighted by atomic mass is 9.93. The number of piperidine rings is 1. The van der Waals surface area contributed by atoms with Crippen LogP contribution in [-0.4, -0.2) is 40.4 Å². The molecule has 29 heavy (non-hydrogen) atoms. The maximum atomic E-state index is 13.2. The number of rotatable bonds is 2. The quantitative estimate of drug-likeness (QED) is 0.643. The van der Waals surface area contributed by atoms with E-state index in [4.69, 9.17) is 0 Å². The average Bonchev–Trinajstić information content (AvgIpc) is 3.07. The van der Waals surface area contributed by atoms with Crippen molar-refractivity contribution in [3.8, 4) is 0 Å². The Labute approximate surface area is 175 Å². The maximum absolute atomic E-state index is 13.2. The molecule has 5 nitrogen and oxygen atoms in total. The molecule has 1 amide bonds. The van der Waals surface area contributed by atoms with E-state index in [-0.39, 0.29) is 5.92 Å². The summed E-state index contributed by atoms with van der Waals surface area (Å²) in [6.45, 7) is 7.66. The number of anilines is 1. The van der Waals surface area contributed by atoms with E-state index >= 15 is 0 Å². The van der Waals surface area contributed by atoms with E-state index in [1.165, 1.54) is 27.0 Å². The van der Waals surface area contributed by atoms with Gasteiger partial charge >= 0.3 is 0 Å². The molecule has 0 atom stereocenters. The van der Waals surface area contributed by atoms with Crippen LogP contribution in [0.2, 0.25) is 0 Å². The molecular weight excluding hydrogens is 380 g/mol. The van der Waals surface area contributed by atoms with Crippen LogP contribution in [-0.2, 0) is 17.8 Å². The van der Waals surface area contributed by atoms with E-state index in [1.54, 1.807) is 17.7 Å². The average molecular weight is 407 g/mol. The summed E-state index contributed by atoms with van der Waals surface area (Å²) in [6.07, 6.45) is 4.43. The third-order valence-corrected chi connectivity index (χ3v) is 7.65. The highest BCUT2D eigenvalue weighted by Gasteiger charge is 2.31. The van der Waals surface area contributed by atoms with Gasteiger partial charge in [-0.05, 0) is 49.8 Å². The van der Waals surface area contributed by atoms with Gasteiger partial charge in [-0.3, -0.25) is 4.79 Å². The number of fused-ring (bicyclic) bond motifs is 2. The second kappa shape index (κ2) is 7.41. The lowest BCUT2D eigenvalue weighted by Gasteiger charge is -2.36. The van der Waals surface area contributed by atoms with Crippen molar-refractivity contribution < 1.29 is 4.79 Å². The minimum absolute atomic E-state index is 0.124. The smallest absolute Gasteiger partial charge is 0.226 e. The standard InChI is InChI=1S/C23H26N4OS/c1-15-16(2)29-22-20(15)21(24-14-25-22)26-10-8-18(9-11-26)23(28)27-12-7-17-5-3-4-6-19(17)13-27/h3-6,14,18H,7-13H2,1-2H3. The fourth-order valence-corrected chi connectivity index (χ4v) is 5.68. The third-order valence-electron chi connectivity index (χ3n) is 6.53. The van der Waals surface area contributed by atoms with Crippen LogP contribution in [0.3, 0.4) is 0 Å². The lowest BCUT2D eigenvalue weighted by molar-refractivity contribution is -0.137. The van der Waals surface area contributed by atoms with Crippen molar-refractivity contribution in [3.63, 3.8) is 0 Å². The van der Waals surface area contributed by atoms with Crippen molar-refractivity contribution in [1.29, 1.82) is 0 Å². The highest BCUT2D eigenvalue weighted by atomic mass is 32.1. The largest absolute Gasteiger partial charge is 0.356 e. The Morgan fingerprint density at radius 3 is 2.62 bits per heavy atom. The molecule has 6 heteroatoms. The summed E-state index contributed by atoms with van der Waals surface area (Å²) in [5, 5.41) is 1.19. The molecule has 150 valence electrons. The first kappa shape index (κ1) is 18.6. The second-order valence-electron chi connectivity index (χ2n) is 8.20. The second-order valence-corrected chi connectivity index (χ2v) is 9.40. The number of aryl methyl sites for hydroxylation is 2. The molecule has 3 aromatic rings. The fourth-order valence-electron chi connectivity index (χ4n) is 4.68. The van der Waals surface area contributed by atoms with Crippen LogP contribution < -0.4 is 4.90 Å². The molecular formula is C23H26N4OS. The first-order chi connectivity index (χ1) is 14.1. The topological polar surface area (TPSA) is 49.3 Å². The zero-order valence-corrected chi connectivity index (χ0v) is 17.8. The van der Waals surface area contributed by atoms with Crippen LogP contribution in [0.15, 0.2) is 30.6 Å². The molecule has 2 aliphatic rings. The molecule has 5 rings (SSSR count). The molecule has 1 saturated heterocycles. The van der Waals surface area contributed by atoms with Gasteiger partial charge in [0.25, 0.3) is 0 Å². The zero-order valence-electron chi connectivity index (χ0n) is 17.0. The van der Waals surface area contributed by atoms with Gasteiger partial charge in [0.05, 0.1) is 5.39 Å². The van der Waals surface area contributed by atoms with E-state index in [2.05, 4.69) is 57.9 Å². The number of aromatic nitrogens is 2. The van der Waals surface area contributed by atoms with Crippen molar-refractivity contribution >= 4 is 33.3 Å². The van der Waals surface area contributed by atoms with E-state index in [0.717, 1.165) is 56.1 Å². The fraction of sp³-hybridized carbons (Fsp3) is 0.435. The molecule has 1 aromatic carbocycles. The van der Waals surface area contributed by atoms with Crippen LogP contribution in [0.5, 0.6) is 0 Å². The van der Waals surface area contributed by atoms with E-state index in [1.807, 2.05) is 0 Å². The summed E-state index contributed by atoms with van der Waals surface area (Å²) in [5.74, 6) is 1.49. The van der Waals surface area contributed by atoms with E-state index < -0.39 is 0 Å². The summed E-state index contributed by atoms with van der Waals surface area (Å²) >= 11 is 1.74. The number of carbonyl (C=O) groups is 1. The van der Waals surface area contributed by atoms with Gasteiger partial charge in [0.2, 0.25) is 5.91 Å². The third kappa shape index (κ3) is 3.29. The summed E-state index contributed by atoms with van der Waals surface area (Å²) in [6, 6.07) is 8.50. The van der Waals surface area contributed by atoms with Crippen LogP contribution in [0.25, 0.3) is 10.2 Å². The van der Waals surface area contributed by atoms with Gasteiger partial charge < -0.3 is 9.80 Å². The van der Waals surface area contributed by atoms with Crippen LogP contribution in [0, 0.1) is 19.8 Å². The number of amides is 1. The van der Waals surface area contributed by atoms with Gasteiger partial charge in [-0.15, -0.1) is 11.3 Å². The first-order valence-corrected chi connectivity index (χ1v) is 11.2. The number of nitrogens with zero attached hydrogens (tertiary/aromatic N) is 4. The monoisotopic (exact) mass is 406 g/mol. The first-order valence-electron chi connectivity index (χ1n) is 10.4. The van der Waals surface area contributed by atoms with Gasteiger partial charge in [-0.1, -0.05) is 24.3 Å². The molecule has 2 aliphatic heterocycles. The van der Waals surface area contributed by atoms with Crippen LogP contribution in [0.4, 0.5) is 5.82 Å². The Balaban J connectivity index is 1.28. The van der Waals surface area contributed by atoms with Gasteiger partial charge in [0.1, 0.15) is 17.0 Å². The van der Waals surface area contributed by atoms with Crippen LogP contribution >= 0.6 is 11.3 Å². The predicted octanol–water partition coefficient (Wildman–Crippen LogP) is 4.11. The molecule has 0 saturated carbocycles. The highest BCUT2D eigenvalue weighted by molar-refractivity contribution is 7.18. The van der Waals surface area contributed by atoms with Crippen molar-refractivity contribution in [1.82, 2.24) is 14.9 Å². The van der Waals surface area contributed by atoms with Gasteiger partial charge in [-0.25, -0.2) is 9.97 Å². The molecule has 2 aromatic heterocycles. The van der Waals surface area contributed by atoms with Crippen molar-refractivity contribution in [3.05, 3.63) is 52.2 Å². The minimum Gasteiger partial charge on any atom is -0.356 e. The van der Waals surface area contributed by atoms with Gasteiger partial charge in [0.15, 0.2) is 0 Å². The number of thiophene rings is 1. The molecule has 0 radical (unpaired) electrons. The predicted molar refractivity (Wildman–Crippen MR) is 117 cm³/mol. The molecule has 1 fully saturated rings. The molecule has 0 N–H and O–H groups in total. The summed E-state index contributed by atoms with van der Waals surface area (Å²) in [5.41, 5.74) is 3.97. The van der Waals surface area contributed by atoms with E-state index in [0.29, 0.717) is 5.91 Å². The Hall–Kier alpha value is -2.47. The van der Waals surface area contributed by atoms with Crippen molar-refractivity contribution in [2.75, 3.05) is 24.5 Å². The van der Waals surface area contributed by atoms with Gasteiger partial charge in [0, 0.05) is 37.0 Å². The number of benzene rings is 1. The normalized spacial score (nSPS) is 17.6. The lowest BCUT2D eigenvalue weighted by Crippen LogP contribution is -2.44. The van der Waals surface area contributed by atoms with Crippen LogP contribution in [0.1, 0.15) is 34.4 Å². The number of carbonyl (C=O) groups excluding carboxylic acids is 1. The maximum Gasteiger partial charge on any atom is 0.226 e. The Bertz CT molecular complexity index is 1070. The Morgan fingerprint density at radius 2 is 1.83 bits per heavy atom. The summed E-state index contributed by atoms with van der Waals surface area (Å²) in [7, 11) is 0. The number of hydrogen-bond donors (Lipinski definition) is 0. The highest BCUT2D eigenvalue weighted by Crippen LogP contribution is 2.36. The van der Waals surface area contributed by atoms with Gasteiger partial charge in [-0.2, -0.15) is 0 Å².